The lowest BCUT2D eigenvalue weighted by Crippen LogP contribution is -2.17. The second-order valence-electron chi connectivity index (χ2n) is 4.53. The first-order chi connectivity index (χ1) is 8.56. The van der Waals surface area contributed by atoms with Gasteiger partial charge in [0, 0.05) is 18.7 Å². The minimum atomic E-state index is 0.604. The van der Waals surface area contributed by atoms with Gasteiger partial charge in [-0.3, -0.25) is 4.90 Å². The predicted molar refractivity (Wildman–Crippen MR) is 74.5 cm³/mol. The Labute approximate surface area is 112 Å². The number of hydrogen-bond acceptors (Lipinski definition) is 3. The molecule has 0 spiro atoms. The molecule has 1 aromatic heterocycles. The maximum Gasteiger partial charge on any atom is 0.105 e. The first kappa shape index (κ1) is 13.0. The minimum absolute atomic E-state index is 0.604. The largest absolute Gasteiger partial charge is 0.469 e. The van der Waals surface area contributed by atoms with Crippen LogP contribution in [0.15, 0.2) is 34.9 Å². The predicted octanol–water partition coefficient (Wildman–Crippen LogP) is 3.46. The highest BCUT2D eigenvalue weighted by molar-refractivity contribution is 6.33. The van der Waals surface area contributed by atoms with Crippen molar-refractivity contribution in [2.75, 3.05) is 12.8 Å². The average molecular weight is 265 g/mol. The first-order valence-corrected chi connectivity index (χ1v) is 6.19. The highest BCUT2D eigenvalue weighted by atomic mass is 35.5. The highest BCUT2D eigenvalue weighted by Crippen LogP contribution is 2.20. The van der Waals surface area contributed by atoms with Gasteiger partial charge in [-0.1, -0.05) is 17.7 Å². The zero-order valence-corrected chi connectivity index (χ0v) is 11.4. The van der Waals surface area contributed by atoms with E-state index in [1.165, 1.54) is 5.56 Å². The van der Waals surface area contributed by atoms with Crippen molar-refractivity contribution in [3.63, 3.8) is 0 Å². The van der Waals surface area contributed by atoms with Crippen molar-refractivity contribution in [3.05, 3.63) is 52.4 Å². The molecule has 2 N–H and O–H groups in total. The zero-order valence-electron chi connectivity index (χ0n) is 10.6. The van der Waals surface area contributed by atoms with E-state index in [0.29, 0.717) is 10.7 Å². The van der Waals surface area contributed by atoms with Gasteiger partial charge in [-0.05, 0) is 37.7 Å². The molecule has 3 nitrogen and oxygen atoms in total. The summed E-state index contributed by atoms with van der Waals surface area (Å²) in [4.78, 5) is 2.21. The lowest BCUT2D eigenvalue weighted by atomic mass is 10.2. The Kier molecular flexibility index (Phi) is 3.94. The van der Waals surface area contributed by atoms with Crippen molar-refractivity contribution in [2.45, 2.75) is 20.0 Å². The molecule has 0 unspecified atom stereocenters. The summed E-state index contributed by atoms with van der Waals surface area (Å²) < 4.78 is 5.29. The first-order valence-electron chi connectivity index (χ1n) is 5.81. The van der Waals surface area contributed by atoms with E-state index in [1.54, 1.807) is 6.26 Å². The van der Waals surface area contributed by atoms with Crippen LogP contribution in [0.3, 0.4) is 0 Å². The standard InChI is InChI=1S/C14H17ClN2O/c1-10-12(5-6-18-10)9-17(2)8-11-3-4-13(15)14(16)7-11/h3-7H,8-9,16H2,1-2H3. The fourth-order valence-electron chi connectivity index (χ4n) is 1.93. The van der Waals surface area contributed by atoms with Gasteiger partial charge in [-0.2, -0.15) is 0 Å². The third kappa shape index (κ3) is 3.06. The summed E-state index contributed by atoms with van der Waals surface area (Å²) in [6.45, 7) is 3.65. The van der Waals surface area contributed by atoms with Gasteiger partial charge in [0.15, 0.2) is 0 Å². The van der Waals surface area contributed by atoms with Crippen LogP contribution in [0.4, 0.5) is 5.69 Å². The van der Waals surface area contributed by atoms with Crippen LogP contribution >= 0.6 is 11.6 Å². The smallest absolute Gasteiger partial charge is 0.105 e. The molecule has 2 aromatic rings. The van der Waals surface area contributed by atoms with Gasteiger partial charge in [-0.25, -0.2) is 0 Å². The number of halogens is 1. The van der Waals surface area contributed by atoms with Crippen molar-refractivity contribution in [1.29, 1.82) is 0 Å². The monoisotopic (exact) mass is 264 g/mol. The van der Waals surface area contributed by atoms with Crippen LogP contribution in [0.5, 0.6) is 0 Å². The Hall–Kier alpha value is -1.45. The summed E-state index contributed by atoms with van der Waals surface area (Å²) >= 11 is 5.90. The van der Waals surface area contributed by atoms with E-state index in [9.17, 15) is 0 Å². The molecule has 1 aromatic carbocycles. The number of furan rings is 1. The van der Waals surface area contributed by atoms with Crippen molar-refractivity contribution < 1.29 is 4.42 Å². The molecular weight excluding hydrogens is 248 g/mol. The Morgan fingerprint density at radius 3 is 2.67 bits per heavy atom. The highest BCUT2D eigenvalue weighted by Gasteiger charge is 2.07. The minimum Gasteiger partial charge on any atom is -0.469 e. The van der Waals surface area contributed by atoms with Crippen LogP contribution in [-0.2, 0) is 13.1 Å². The van der Waals surface area contributed by atoms with E-state index in [1.807, 2.05) is 31.2 Å². The van der Waals surface area contributed by atoms with Gasteiger partial charge in [0.2, 0.25) is 0 Å². The number of benzene rings is 1. The average Bonchev–Trinajstić information content (AvgIpc) is 2.70. The summed E-state index contributed by atoms with van der Waals surface area (Å²) in [5.74, 6) is 0.970. The maximum absolute atomic E-state index is 5.90. The van der Waals surface area contributed by atoms with Gasteiger partial charge in [0.1, 0.15) is 5.76 Å². The number of nitrogen functional groups attached to an aromatic ring is 1. The van der Waals surface area contributed by atoms with Crippen LogP contribution in [-0.4, -0.2) is 11.9 Å². The van der Waals surface area contributed by atoms with Crippen LogP contribution < -0.4 is 5.73 Å². The molecule has 0 aliphatic rings. The fourth-order valence-corrected chi connectivity index (χ4v) is 2.04. The number of nitrogens with zero attached hydrogens (tertiary/aromatic N) is 1. The molecule has 96 valence electrons. The molecule has 0 saturated heterocycles. The van der Waals surface area contributed by atoms with E-state index < -0.39 is 0 Å². The van der Waals surface area contributed by atoms with Gasteiger partial charge >= 0.3 is 0 Å². The molecule has 2 rings (SSSR count). The maximum atomic E-state index is 5.90. The van der Waals surface area contributed by atoms with E-state index >= 15 is 0 Å². The lowest BCUT2D eigenvalue weighted by Gasteiger charge is -2.16. The molecule has 0 saturated carbocycles. The van der Waals surface area contributed by atoms with Crippen molar-refractivity contribution in [2.24, 2.45) is 0 Å². The normalized spacial score (nSPS) is 11.1. The van der Waals surface area contributed by atoms with Crippen molar-refractivity contribution in [3.8, 4) is 0 Å². The van der Waals surface area contributed by atoms with Crippen molar-refractivity contribution >= 4 is 17.3 Å². The summed E-state index contributed by atoms with van der Waals surface area (Å²) in [7, 11) is 2.07. The zero-order chi connectivity index (χ0) is 13.1. The molecule has 0 aliphatic heterocycles. The summed E-state index contributed by atoms with van der Waals surface area (Å²) in [5.41, 5.74) is 8.78. The molecule has 0 bridgehead atoms. The lowest BCUT2D eigenvalue weighted by molar-refractivity contribution is 0.316. The van der Waals surface area contributed by atoms with E-state index in [-0.39, 0.29) is 0 Å². The molecule has 0 amide bonds. The van der Waals surface area contributed by atoms with Gasteiger partial charge in [-0.15, -0.1) is 0 Å². The molecule has 0 radical (unpaired) electrons. The third-order valence-electron chi connectivity index (χ3n) is 2.92. The van der Waals surface area contributed by atoms with Crippen LogP contribution in [0.2, 0.25) is 5.02 Å². The third-order valence-corrected chi connectivity index (χ3v) is 3.26. The molecular formula is C14H17ClN2O. The van der Waals surface area contributed by atoms with Gasteiger partial charge in [0.25, 0.3) is 0 Å². The summed E-state index contributed by atoms with van der Waals surface area (Å²) in [6.07, 6.45) is 1.72. The fraction of sp³-hybridized carbons (Fsp3) is 0.286. The Bertz CT molecular complexity index is 536. The number of nitrogens with two attached hydrogens (primary N) is 1. The molecule has 4 heteroatoms. The molecule has 1 heterocycles. The molecule has 0 fully saturated rings. The number of anilines is 1. The Balaban J connectivity index is 2.01. The Morgan fingerprint density at radius 1 is 1.28 bits per heavy atom. The van der Waals surface area contributed by atoms with Crippen LogP contribution in [0, 0.1) is 6.92 Å². The van der Waals surface area contributed by atoms with E-state index in [2.05, 4.69) is 11.9 Å². The molecule has 18 heavy (non-hydrogen) atoms. The quantitative estimate of drug-likeness (QED) is 0.860. The summed E-state index contributed by atoms with van der Waals surface area (Å²) in [6, 6.07) is 7.75. The second-order valence-corrected chi connectivity index (χ2v) is 4.94. The Morgan fingerprint density at radius 2 is 2.06 bits per heavy atom. The SMILES string of the molecule is Cc1occc1CN(C)Cc1ccc(Cl)c(N)c1. The van der Waals surface area contributed by atoms with Gasteiger partial charge < -0.3 is 10.2 Å². The summed E-state index contributed by atoms with van der Waals surface area (Å²) in [5, 5.41) is 0.604. The topological polar surface area (TPSA) is 42.4 Å². The number of aryl methyl sites for hydroxylation is 1. The van der Waals surface area contributed by atoms with E-state index in [0.717, 1.165) is 24.4 Å². The second kappa shape index (κ2) is 5.46. The van der Waals surface area contributed by atoms with E-state index in [4.69, 9.17) is 21.8 Å². The van der Waals surface area contributed by atoms with Crippen LogP contribution in [0.1, 0.15) is 16.9 Å². The van der Waals surface area contributed by atoms with Crippen LogP contribution in [0.25, 0.3) is 0 Å². The molecule has 0 atom stereocenters. The van der Waals surface area contributed by atoms with Gasteiger partial charge in [0.05, 0.1) is 17.0 Å². The van der Waals surface area contributed by atoms with Crippen molar-refractivity contribution in [1.82, 2.24) is 4.90 Å². The number of hydrogen-bond donors (Lipinski definition) is 1. The molecule has 0 aliphatic carbocycles. The number of rotatable bonds is 4.